The highest BCUT2D eigenvalue weighted by Gasteiger charge is 2.53. The standard InChI is InChI=1S/C27H22N2O8S/c30-25-23(20-3-1-2-12-28-20)24(18-6-9-21-22(15-18)36-16-35-21)37-27(25)10-13-29(14-11-27)38(33,34)19-7-4-17(5-8-19)26(31)32/h1-9,12,15H,10-11,13-14,16H2,(H,31,32). The molecule has 6 rings (SSSR count). The van der Waals surface area contributed by atoms with Gasteiger partial charge in [-0.3, -0.25) is 9.78 Å². The first-order valence-corrected chi connectivity index (χ1v) is 13.4. The normalized spacial score (nSPS) is 18.6. The van der Waals surface area contributed by atoms with E-state index in [2.05, 4.69) is 4.98 Å². The zero-order valence-corrected chi connectivity index (χ0v) is 20.8. The Kier molecular flexibility index (Phi) is 5.69. The summed E-state index contributed by atoms with van der Waals surface area (Å²) in [5, 5.41) is 9.10. The molecule has 194 valence electrons. The number of benzene rings is 2. The summed E-state index contributed by atoms with van der Waals surface area (Å²) in [4.78, 5) is 29.4. The topological polar surface area (TPSA) is 132 Å². The third-order valence-electron chi connectivity index (χ3n) is 6.99. The second kappa shape index (κ2) is 8.96. The first-order valence-electron chi connectivity index (χ1n) is 11.9. The third-order valence-corrected chi connectivity index (χ3v) is 8.90. The van der Waals surface area contributed by atoms with E-state index < -0.39 is 21.6 Å². The Hall–Kier alpha value is -4.22. The van der Waals surface area contributed by atoms with Gasteiger partial charge in [0.25, 0.3) is 0 Å². The Morgan fingerprint density at radius 1 is 0.974 bits per heavy atom. The van der Waals surface area contributed by atoms with Crippen molar-refractivity contribution in [2.24, 2.45) is 0 Å². The summed E-state index contributed by atoms with van der Waals surface area (Å²) in [5.74, 6) is 0.129. The SMILES string of the molecule is O=C(O)c1ccc(S(=O)(=O)N2CCC3(CC2)OC(c2ccc4c(c2)OCO4)=C(c2ccccn2)C3=O)cc1. The minimum atomic E-state index is -3.89. The van der Waals surface area contributed by atoms with Crippen LogP contribution in [0.4, 0.5) is 0 Å². The smallest absolute Gasteiger partial charge is 0.335 e. The summed E-state index contributed by atoms with van der Waals surface area (Å²) in [6.45, 7) is 0.218. The van der Waals surface area contributed by atoms with Crippen molar-refractivity contribution in [3.8, 4) is 11.5 Å². The zero-order chi connectivity index (χ0) is 26.5. The molecule has 0 aliphatic carbocycles. The molecule has 3 aliphatic rings. The van der Waals surface area contributed by atoms with E-state index in [1.165, 1.54) is 28.6 Å². The minimum Gasteiger partial charge on any atom is -0.478 e. The Bertz CT molecular complexity index is 1580. The average molecular weight is 535 g/mol. The molecule has 1 spiro atoms. The van der Waals surface area contributed by atoms with Gasteiger partial charge in [-0.05, 0) is 54.6 Å². The number of piperidine rings is 1. The molecule has 1 fully saturated rings. The van der Waals surface area contributed by atoms with Crippen LogP contribution in [0, 0.1) is 0 Å². The van der Waals surface area contributed by atoms with E-state index in [-0.39, 0.29) is 49.0 Å². The Labute approximate surface area is 218 Å². The zero-order valence-electron chi connectivity index (χ0n) is 20.0. The predicted molar refractivity (Wildman–Crippen MR) is 134 cm³/mol. The number of pyridine rings is 1. The molecule has 4 heterocycles. The fourth-order valence-electron chi connectivity index (χ4n) is 4.94. The number of Topliss-reactive ketones (excluding diaryl/α,β-unsaturated/α-hetero) is 1. The summed E-state index contributed by atoms with van der Waals surface area (Å²) < 4.78 is 45.1. The summed E-state index contributed by atoms with van der Waals surface area (Å²) >= 11 is 0. The summed E-state index contributed by atoms with van der Waals surface area (Å²) in [6.07, 6.45) is 1.88. The molecule has 38 heavy (non-hydrogen) atoms. The number of nitrogens with zero attached hydrogens (tertiary/aromatic N) is 2. The van der Waals surface area contributed by atoms with E-state index in [9.17, 15) is 18.0 Å². The van der Waals surface area contributed by atoms with Gasteiger partial charge in [-0.15, -0.1) is 0 Å². The van der Waals surface area contributed by atoms with Gasteiger partial charge in [0.15, 0.2) is 17.1 Å². The molecule has 3 aliphatic heterocycles. The van der Waals surface area contributed by atoms with Gasteiger partial charge < -0.3 is 19.3 Å². The first-order chi connectivity index (χ1) is 18.3. The average Bonchev–Trinajstić information content (AvgIpc) is 3.51. The molecule has 1 saturated heterocycles. The van der Waals surface area contributed by atoms with Crippen LogP contribution in [-0.2, 0) is 19.6 Å². The minimum absolute atomic E-state index is 0.00401. The number of ether oxygens (including phenoxy) is 3. The van der Waals surface area contributed by atoms with Gasteiger partial charge in [0.05, 0.1) is 21.7 Å². The number of rotatable bonds is 5. The van der Waals surface area contributed by atoms with Crippen molar-refractivity contribution in [2.45, 2.75) is 23.3 Å². The quantitative estimate of drug-likeness (QED) is 0.524. The van der Waals surface area contributed by atoms with Gasteiger partial charge in [0.1, 0.15) is 5.76 Å². The van der Waals surface area contributed by atoms with Crippen molar-refractivity contribution in [1.82, 2.24) is 9.29 Å². The van der Waals surface area contributed by atoms with E-state index in [1.54, 1.807) is 42.6 Å². The highest BCUT2D eigenvalue weighted by Crippen LogP contribution is 2.47. The van der Waals surface area contributed by atoms with E-state index in [0.717, 1.165) is 0 Å². The van der Waals surface area contributed by atoms with Crippen LogP contribution >= 0.6 is 0 Å². The number of hydrogen-bond acceptors (Lipinski definition) is 8. The second-order valence-corrected chi connectivity index (χ2v) is 11.1. The Morgan fingerprint density at radius 3 is 2.39 bits per heavy atom. The maximum absolute atomic E-state index is 13.9. The summed E-state index contributed by atoms with van der Waals surface area (Å²) in [5.41, 5.74) is 0.197. The van der Waals surface area contributed by atoms with Crippen LogP contribution in [-0.4, -0.2) is 60.0 Å². The lowest BCUT2D eigenvalue weighted by molar-refractivity contribution is -0.131. The lowest BCUT2D eigenvalue weighted by Crippen LogP contribution is -2.50. The van der Waals surface area contributed by atoms with Crippen LogP contribution in [0.25, 0.3) is 11.3 Å². The van der Waals surface area contributed by atoms with Crippen LogP contribution in [0.3, 0.4) is 0 Å². The molecule has 2 aromatic carbocycles. The van der Waals surface area contributed by atoms with Gasteiger partial charge in [-0.1, -0.05) is 6.07 Å². The largest absolute Gasteiger partial charge is 0.478 e. The maximum Gasteiger partial charge on any atom is 0.335 e. The van der Waals surface area contributed by atoms with E-state index in [4.69, 9.17) is 19.3 Å². The molecule has 0 saturated carbocycles. The van der Waals surface area contributed by atoms with Gasteiger partial charge >= 0.3 is 5.97 Å². The molecule has 0 radical (unpaired) electrons. The number of carbonyl (C=O) groups is 2. The third kappa shape index (κ3) is 3.91. The van der Waals surface area contributed by atoms with Crippen LogP contribution < -0.4 is 9.47 Å². The Morgan fingerprint density at radius 2 is 1.71 bits per heavy atom. The van der Waals surface area contributed by atoms with Crippen molar-refractivity contribution >= 4 is 33.1 Å². The molecule has 0 unspecified atom stereocenters. The van der Waals surface area contributed by atoms with Crippen molar-refractivity contribution in [2.75, 3.05) is 19.9 Å². The number of fused-ring (bicyclic) bond motifs is 1. The number of ketones is 1. The molecular formula is C27H22N2O8S. The lowest BCUT2D eigenvalue weighted by atomic mass is 9.85. The van der Waals surface area contributed by atoms with Crippen LogP contribution in [0.2, 0.25) is 0 Å². The monoisotopic (exact) mass is 534 g/mol. The van der Waals surface area contributed by atoms with Crippen LogP contribution in [0.15, 0.2) is 71.8 Å². The van der Waals surface area contributed by atoms with Crippen molar-refractivity contribution < 1.29 is 37.3 Å². The van der Waals surface area contributed by atoms with Crippen LogP contribution in [0.5, 0.6) is 11.5 Å². The highest BCUT2D eigenvalue weighted by molar-refractivity contribution is 7.89. The number of carboxylic acid groups (broad SMARTS) is 1. The molecule has 1 N–H and O–H groups in total. The van der Waals surface area contributed by atoms with Crippen LogP contribution in [0.1, 0.15) is 34.5 Å². The van der Waals surface area contributed by atoms with Crippen molar-refractivity contribution in [1.29, 1.82) is 0 Å². The molecule has 10 nitrogen and oxygen atoms in total. The van der Waals surface area contributed by atoms with Gasteiger partial charge in [-0.2, -0.15) is 4.31 Å². The van der Waals surface area contributed by atoms with E-state index in [0.29, 0.717) is 34.1 Å². The number of carboxylic acids is 1. The molecule has 0 amide bonds. The first kappa shape index (κ1) is 24.1. The van der Waals surface area contributed by atoms with Gasteiger partial charge in [0.2, 0.25) is 22.6 Å². The number of aromatic nitrogens is 1. The van der Waals surface area contributed by atoms with E-state index in [1.807, 2.05) is 0 Å². The number of aromatic carboxylic acids is 1. The predicted octanol–water partition coefficient (Wildman–Crippen LogP) is 3.20. The molecule has 3 aromatic rings. The van der Waals surface area contributed by atoms with E-state index >= 15 is 0 Å². The molecule has 0 atom stereocenters. The fourth-order valence-corrected chi connectivity index (χ4v) is 6.38. The molecular weight excluding hydrogens is 512 g/mol. The molecule has 11 heteroatoms. The molecule has 0 bridgehead atoms. The fraction of sp³-hybridized carbons (Fsp3) is 0.222. The maximum atomic E-state index is 13.9. The van der Waals surface area contributed by atoms with Crippen molar-refractivity contribution in [3.05, 3.63) is 83.7 Å². The van der Waals surface area contributed by atoms with Gasteiger partial charge in [-0.25, -0.2) is 13.2 Å². The Balaban J connectivity index is 1.29. The molecule has 1 aromatic heterocycles. The highest BCUT2D eigenvalue weighted by atomic mass is 32.2. The summed E-state index contributed by atoms with van der Waals surface area (Å²) in [6, 6.07) is 15.6. The summed E-state index contributed by atoms with van der Waals surface area (Å²) in [7, 11) is -3.89. The lowest BCUT2D eigenvalue weighted by Gasteiger charge is -2.37. The van der Waals surface area contributed by atoms with Crippen molar-refractivity contribution in [3.63, 3.8) is 0 Å². The number of sulfonamides is 1. The number of carbonyl (C=O) groups excluding carboxylic acids is 1. The number of hydrogen-bond donors (Lipinski definition) is 1. The second-order valence-electron chi connectivity index (χ2n) is 9.15. The van der Waals surface area contributed by atoms with Gasteiger partial charge in [0, 0.05) is 37.7 Å².